The predicted octanol–water partition coefficient (Wildman–Crippen LogP) is 4.51. The van der Waals surface area contributed by atoms with Crippen LogP contribution < -0.4 is 15.4 Å². The van der Waals surface area contributed by atoms with Crippen molar-refractivity contribution in [3.05, 3.63) is 70.1 Å². The Labute approximate surface area is 254 Å². The van der Waals surface area contributed by atoms with E-state index >= 15 is 0 Å². The number of carbonyl (C=O) groups excluding carboxylic acids is 2. The minimum Gasteiger partial charge on any atom is -0.497 e. The zero-order valence-electron chi connectivity index (χ0n) is 24.3. The number of anilines is 1. The molecule has 2 heterocycles. The molecule has 1 aromatic heterocycles. The Morgan fingerprint density at radius 2 is 1.95 bits per heavy atom. The van der Waals surface area contributed by atoms with Gasteiger partial charge in [-0.15, -0.1) is 0 Å². The number of nitrogens with one attached hydrogen (secondary N) is 2. The van der Waals surface area contributed by atoms with Crippen molar-refractivity contribution in [2.24, 2.45) is 0 Å². The molecule has 12 heteroatoms. The molecule has 10 nitrogen and oxygen atoms in total. The van der Waals surface area contributed by atoms with Gasteiger partial charge in [-0.3, -0.25) is 9.59 Å². The first-order valence-electron chi connectivity index (χ1n) is 14.2. The van der Waals surface area contributed by atoms with E-state index in [9.17, 15) is 19.1 Å². The second kappa shape index (κ2) is 13.2. The Morgan fingerprint density at radius 1 is 1.19 bits per heavy atom. The SMILES string of the molecule is COc1cc(F)cc(C(CO)NC(=O)C(C)N2Cc3ccc(-c4nc(N[C@H]5CC[C@H](OC)CC5)ncc4Cl)cc3C2=O)c1. The van der Waals surface area contributed by atoms with Crippen molar-refractivity contribution in [1.29, 1.82) is 0 Å². The van der Waals surface area contributed by atoms with Crippen molar-refractivity contribution < 1.29 is 28.6 Å². The molecule has 2 atom stereocenters. The first-order valence-corrected chi connectivity index (χ1v) is 14.6. The lowest BCUT2D eigenvalue weighted by atomic mass is 9.93. The third-order valence-electron chi connectivity index (χ3n) is 8.18. The topological polar surface area (TPSA) is 126 Å². The molecule has 0 radical (unpaired) electrons. The van der Waals surface area contributed by atoms with Gasteiger partial charge < -0.3 is 30.1 Å². The number of fused-ring (bicyclic) bond motifs is 1. The van der Waals surface area contributed by atoms with Crippen molar-refractivity contribution in [1.82, 2.24) is 20.2 Å². The molecular formula is C31H35ClFN5O5. The molecule has 3 N–H and O–H groups in total. The third kappa shape index (κ3) is 6.74. The molecule has 2 aliphatic rings. The van der Waals surface area contributed by atoms with E-state index in [1.54, 1.807) is 32.4 Å². The number of aromatic nitrogens is 2. The van der Waals surface area contributed by atoms with Gasteiger partial charge in [0.1, 0.15) is 17.6 Å². The number of carbonyl (C=O) groups is 2. The van der Waals surface area contributed by atoms with Gasteiger partial charge >= 0.3 is 0 Å². The van der Waals surface area contributed by atoms with Gasteiger partial charge in [0.05, 0.1) is 42.8 Å². The van der Waals surface area contributed by atoms with E-state index in [0.29, 0.717) is 33.4 Å². The van der Waals surface area contributed by atoms with Crippen molar-refractivity contribution in [2.45, 2.75) is 63.4 Å². The molecule has 0 spiro atoms. The van der Waals surface area contributed by atoms with Crippen molar-refractivity contribution >= 4 is 29.4 Å². The van der Waals surface area contributed by atoms with Gasteiger partial charge in [-0.2, -0.15) is 0 Å². The summed E-state index contributed by atoms with van der Waals surface area (Å²) in [6.45, 7) is 1.38. The fraction of sp³-hybridized carbons (Fsp3) is 0.419. The van der Waals surface area contributed by atoms with Gasteiger partial charge in [-0.25, -0.2) is 14.4 Å². The smallest absolute Gasteiger partial charge is 0.255 e. The molecule has 228 valence electrons. The molecule has 5 rings (SSSR count). The average Bonchev–Trinajstić information content (AvgIpc) is 3.35. The summed E-state index contributed by atoms with van der Waals surface area (Å²) in [6.07, 6.45) is 5.66. The molecule has 0 saturated heterocycles. The van der Waals surface area contributed by atoms with E-state index < -0.39 is 30.4 Å². The fourth-order valence-corrected chi connectivity index (χ4v) is 5.82. The van der Waals surface area contributed by atoms with Gasteiger partial charge in [-0.1, -0.05) is 23.7 Å². The molecule has 1 aliphatic heterocycles. The summed E-state index contributed by atoms with van der Waals surface area (Å²) in [5.41, 5.74) is 2.72. The van der Waals surface area contributed by atoms with Gasteiger partial charge in [0.15, 0.2) is 0 Å². The van der Waals surface area contributed by atoms with Crippen molar-refractivity contribution in [3.63, 3.8) is 0 Å². The molecular weight excluding hydrogens is 577 g/mol. The largest absolute Gasteiger partial charge is 0.497 e. The van der Waals surface area contributed by atoms with Crippen LogP contribution in [-0.4, -0.2) is 70.8 Å². The summed E-state index contributed by atoms with van der Waals surface area (Å²) >= 11 is 6.49. The molecule has 2 aromatic carbocycles. The van der Waals surface area contributed by atoms with E-state index in [-0.39, 0.29) is 30.3 Å². The molecule has 1 saturated carbocycles. The first-order chi connectivity index (χ1) is 20.7. The Kier molecular flexibility index (Phi) is 9.43. The standard InChI is InChI=1S/C31H35ClFN5O5/c1-17(29(40)36-27(16-39)20-10-21(33)13-24(11-20)43-3)38-15-19-5-4-18(12-25(19)30(38)41)28-26(32)14-34-31(37-28)35-22-6-8-23(42-2)9-7-22/h4-5,10-14,17,22-23,27,39H,6-9,15-16H2,1-3H3,(H,36,40)(H,34,35,37)/t17?,22-,23-,27?. The van der Waals surface area contributed by atoms with Crippen LogP contribution >= 0.6 is 11.6 Å². The van der Waals surface area contributed by atoms with Gasteiger partial charge in [-0.05, 0) is 61.9 Å². The number of methoxy groups -OCH3 is 2. The van der Waals surface area contributed by atoms with E-state index in [0.717, 1.165) is 31.2 Å². The zero-order chi connectivity index (χ0) is 30.7. The highest BCUT2D eigenvalue weighted by molar-refractivity contribution is 6.33. The number of aliphatic hydroxyl groups excluding tert-OH is 1. The molecule has 1 aliphatic carbocycles. The van der Waals surface area contributed by atoms with Crippen LogP contribution in [0.3, 0.4) is 0 Å². The van der Waals surface area contributed by atoms with Crippen LogP contribution in [0, 0.1) is 5.82 Å². The minimum absolute atomic E-state index is 0.231. The lowest BCUT2D eigenvalue weighted by Crippen LogP contribution is -2.46. The summed E-state index contributed by atoms with van der Waals surface area (Å²) in [4.78, 5) is 37.2. The van der Waals surface area contributed by atoms with E-state index in [1.807, 2.05) is 12.1 Å². The van der Waals surface area contributed by atoms with Gasteiger partial charge in [0.25, 0.3) is 5.91 Å². The molecule has 3 aromatic rings. The first kappa shape index (κ1) is 30.7. The molecule has 43 heavy (non-hydrogen) atoms. The number of rotatable bonds is 10. The number of nitrogens with zero attached hydrogens (tertiary/aromatic N) is 3. The Bertz CT molecular complexity index is 1500. The highest BCUT2D eigenvalue weighted by atomic mass is 35.5. The number of halogens is 2. The second-order valence-electron chi connectivity index (χ2n) is 10.9. The number of benzene rings is 2. The number of aliphatic hydroxyl groups is 1. The molecule has 2 unspecified atom stereocenters. The van der Waals surface area contributed by atoms with Crippen LogP contribution in [0.15, 0.2) is 42.6 Å². The Morgan fingerprint density at radius 3 is 2.65 bits per heavy atom. The van der Waals surface area contributed by atoms with E-state index in [1.165, 1.54) is 24.1 Å². The number of hydrogen-bond acceptors (Lipinski definition) is 8. The number of ether oxygens (including phenoxy) is 2. The van der Waals surface area contributed by atoms with Crippen molar-refractivity contribution in [3.8, 4) is 17.0 Å². The highest BCUT2D eigenvalue weighted by Crippen LogP contribution is 2.33. The summed E-state index contributed by atoms with van der Waals surface area (Å²) in [6, 6.07) is 7.87. The Balaban J connectivity index is 1.29. The summed E-state index contributed by atoms with van der Waals surface area (Å²) in [5.74, 6) is -0.633. The summed E-state index contributed by atoms with van der Waals surface area (Å²) in [5, 5.41) is 16.4. The normalized spacial score (nSPS) is 19.5. The highest BCUT2D eigenvalue weighted by Gasteiger charge is 2.35. The molecule has 1 fully saturated rings. The minimum atomic E-state index is -0.885. The zero-order valence-corrected chi connectivity index (χ0v) is 25.0. The van der Waals surface area contributed by atoms with Crippen molar-refractivity contribution in [2.75, 3.05) is 26.1 Å². The van der Waals surface area contributed by atoms with Gasteiger partial charge in [0, 0.05) is 36.9 Å². The van der Waals surface area contributed by atoms with Crippen LogP contribution in [0.4, 0.5) is 10.3 Å². The lowest BCUT2D eigenvalue weighted by Gasteiger charge is -2.28. The lowest BCUT2D eigenvalue weighted by molar-refractivity contribution is -0.126. The maximum Gasteiger partial charge on any atom is 0.255 e. The fourth-order valence-electron chi connectivity index (χ4n) is 5.62. The quantitative estimate of drug-likeness (QED) is 0.306. The molecule has 0 bridgehead atoms. The van der Waals surface area contributed by atoms with Gasteiger partial charge in [0.2, 0.25) is 11.9 Å². The summed E-state index contributed by atoms with van der Waals surface area (Å²) in [7, 11) is 3.14. The van der Waals surface area contributed by atoms with E-state index in [2.05, 4.69) is 20.6 Å². The van der Waals surface area contributed by atoms with Crippen LogP contribution in [0.25, 0.3) is 11.3 Å². The third-order valence-corrected chi connectivity index (χ3v) is 8.45. The predicted molar refractivity (Wildman–Crippen MR) is 159 cm³/mol. The van der Waals surface area contributed by atoms with E-state index in [4.69, 9.17) is 21.1 Å². The number of hydrogen-bond donors (Lipinski definition) is 3. The average molecular weight is 612 g/mol. The Hall–Kier alpha value is -3.80. The maximum absolute atomic E-state index is 14.0. The second-order valence-corrected chi connectivity index (χ2v) is 11.3. The van der Waals surface area contributed by atoms with Crippen LogP contribution in [0.5, 0.6) is 5.75 Å². The van der Waals surface area contributed by atoms with Crippen LogP contribution in [0.2, 0.25) is 5.02 Å². The van der Waals surface area contributed by atoms with Crippen LogP contribution in [0.1, 0.15) is 60.1 Å². The maximum atomic E-state index is 14.0. The summed E-state index contributed by atoms with van der Waals surface area (Å²) < 4.78 is 24.6. The molecule has 2 amide bonds. The monoisotopic (exact) mass is 611 g/mol. The number of amides is 2. The van der Waals surface area contributed by atoms with Crippen LogP contribution in [-0.2, 0) is 16.1 Å².